The third-order valence-corrected chi connectivity index (χ3v) is 2.13. The highest BCUT2D eigenvalue weighted by Gasteiger charge is 2.04. The summed E-state index contributed by atoms with van der Waals surface area (Å²) < 4.78 is 25.6. The highest BCUT2D eigenvalue weighted by atomic mass is 19.2. The Morgan fingerprint density at radius 2 is 1.80 bits per heavy atom. The van der Waals surface area contributed by atoms with Crippen LogP contribution in [0.5, 0.6) is 0 Å². The quantitative estimate of drug-likeness (QED) is 0.695. The van der Waals surface area contributed by atoms with Crippen LogP contribution in [0.25, 0.3) is 11.3 Å². The fraction of sp³-hybridized carbons (Fsp3) is 0.0833. The maximum Gasteiger partial charge on any atom is 0.159 e. The predicted molar refractivity (Wildman–Crippen MR) is 54.3 cm³/mol. The lowest BCUT2D eigenvalue weighted by Crippen LogP contribution is -1.88. The molecule has 0 fully saturated rings. The molecule has 0 N–H and O–H groups in total. The fourth-order valence-electron chi connectivity index (χ4n) is 1.29. The van der Waals surface area contributed by atoms with E-state index in [0.29, 0.717) is 11.3 Å². The Balaban J connectivity index is 2.45. The van der Waals surface area contributed by atoms with Crippen molar-refractivity contribution >= 4 is 0 Å². The van der Waals surface area contributed by atoms with Gasteiger partial charge in [-0.15, -0.1) is 0 Å². The Hall–Kier alpha value is -1.77. The molecule has 0 radical (unpaired) electrons. The van der Waals surface area contributed by atoms with Crippen LogP contribution in [0.2, 0.25) is 0 Å². The second-order valence-corrected chi connectivity index (χ2v) is 3.35. The van der Waals surface area contributed by atoms with E-state index >= 15 is 0 Å². The summed E-state index contributed by atoms with van der Waals surface area (Å²) in [5.74, 6) is -1.69. The van der Waals surface area contributed by atoms with Crippen LogP contribution >= 0.6 is 0 Å². The molecule has 0 unspecified atom stereocenters. The van der Waals surface area contributed by atoms with Gasteiger partial charge < -0.3 is 0 Å². The summed E-state index contributed by atoms with van der Waals surface area (Å²) in [7, 11) is 0. The second kappa shape index (κ2) is 3.77. The van der Waals surface area contributed by atoms with Gasteiger partial charge in [0.05, 0.1) is 5.69 Å². The molecule has 1 aromatic carbocycles. The molecule has 0 amide bonds. The Kier molecular flexibility index (Phi) is 2.46. The summed E-state index contributed by atoms with van der Waals surface area (Å²) in [6, 6.07) is 7.42. The van der Waals surface area contributed by atoms with Gasteiger partial charge in [-0.2, -0.15) is 0 Å². The number of hydrogen-bond acceptors (Lipinski definition) is 1. The lowest BCUT2D eigenvalue weighted by molar-refractivity contribution is 0.509. The summed E-state index contributed by atoms with van der Waals surface area (Å²) in [5, 5.41) is 0. The topological polar surface area (TPSA) is 12.9 Å². The Labute approximate surface area is 86.4 Å². The number of pyridine rings is 1. The number of aromatic nitrogens is 1. The molecule has 3 heteroatoms. The minimum atomic E-state index is -0.852. The Morgan fingerprint density at radius 1 is 1.00 bits per heavy atom. The first-order chi connectivity index (χ1) is 7.16. The third kappa shape index (κ3) is 2.01. The molecule has 1 nitrogen and oxygen atoms in total. The second-order valence-electron chi connectivity index (χ2n) is 3.35. The first-order valence-corrected chi connectivity index (χ1v) is 4.55. The van der Waals surface area contributed by atoms with Gasteiger partial charge in [0.2, 0.25) is 0 Å². The van der Waals surface area contributed by atoms with E-state index in [4.69, 9.17) is 0 Å². The minimum Gasteiger partial charge on any atom is -0.256 e. The van der Waals surface area contributed by atoms with Crippen molar-refractivity contribution in [2.75, 3.05) is 0 Å². The standard InChI is InChI=1S/C12H9F2N/c1-8-2-5-12(15-7-8)9-3-4-10(13)11(14)6-9/h2-7H,1H3. The van der Waals surface area contributed by atoms with Crippen molar-refractivity contribution < 1.29 is 8.78 Å². The van der Waals surface area contributed by atoms with E-state index in [2.05, 4.69) is 4.98 Å². The van der Waals surface area contributed by atoms with E-state index < -0.39 is 11.6 Å². The van der Waals surface area contributed by atoms with Crippen molar-refractivity contribution in [2.45, 2.75) is 6.92 Å². The van der Waals surface area contributed by atoms with Gasteiger partial charge in [-0.3, -0.25) is 4.98 Å². The van der Waals surface area contributed by atoms with Gasteiger partial charge in [0.1, 0.15) is 0 Å². The first-order valence-electron chi connectivity index (χ1n) is 4.55. The maximum atomic E-state index is 12.9. The zero-order chi connectivity index (χ0) is 10.8. The van der Waals surface area contributed by atoms with Crippen LogP contribution in [-0.2, 0) is 0 Å². The minimum absolute atomic E-state index is 0.578. The Morgan fingerprint density at radius 3 is 2.40 bits per heavy atom. The van der Waals surface area contributed by atoms with E-state index in [0.717, 1.165) is 17.7 Å². The van der Waals surface area contributed by atoms with Crippen LogP contribution < -0.4 is 0 Å². The average molecular weight is 205 g/mol. The summed E-state index contributed by atoms with van der Waals surface area (Å²) >= 11 is 0. The maximum absolute atomic E-state index is 12.9. The molecule has 2 aromatic rings. The molecule has 0 aliphatic carbocycles. The highest BCUT2D eigenvalue weighted by molar-refractivity contribution is 5.58. The van der Waals surface area contributed by atoms with E-state index in [1.807, 2.05) is 13.0 Å². The van der Waals surface area contributed by atoms with Crippen molar-refractivity contribution in [2.24, 2.45) is 0 Å². The number of rotatable bonds is 1. The van der Waals surface area contributed by atoms with Crippen molar-refractivity contribution in [1.29, 1.82) is 0 Å². The molecule has 0 saturated heterocycles. The molecule has 1 heterocycles. The van der Waals surface area contributed by atoms with Crippen LogP contribution in [0, 0.1) is 18.6 Å². The van der Waals surface area contributed by atoms with E-state index in [1.54, 1.807) is 12.3 Å². The molecule has 0 aliphatic heterocycles. The smallest absolute Gasteiger partial charge is 0.159 e. The monoisotopic (exact) mass is 205 g/mol. The van der Waals surface area contributed by atoms with Gasteiger partial charge in [0, 0.05) is 11.8 Å². The first kappa shape index (κ1) is 9.77. The molecule has 1 aromatic heterocycles. The largest absolute Gasteiger partial charge is 0.256 e. The average Bonchev–Trinajstić information content (AvgIpc) is 2.23. The number of halogens is 2. The number of hydrogen-bond donors (Lipinski definition) is 0. The molecule has 2 rings (SSSR count). The lowest BCUT2D eigenvalue weighted by Gasteiger charge is -2.01. The molecule has 0 saturated carbocycles. The zero-order valence-corrected chi connectivity index (χ0v) is 8.17. The molecule has 15 heavy (non-hydrogen) atoms. The van der Waals surface area contributed by atoms with Crippen LogP contribution in [-0.4, -0.2) is 4.98 Å². The fourth-order valence-corrected chi connectivity index (χ4v) is 1.29. The van der Waals surface area contributed by atoms with Crippen LogP contribution in [0.1, 0.15) is 5.56 Å². The van der Waals surface area contributed by atoms with Crippen LogP contribution in [0.3, 0.4) is 0 Å². The Bertz CT molecular complexity index is 477. The highest BCUT2D eigenvalue weighted by Crippen LogP contribution is 2.19. The van der Waals surface area contributed by atoms with Crippen LogP contribution in [0.4, 0.5) is 8.78 Å². The molecule has 0 atom stereocenters. The normalized spacial score (nSPS) is 10.3. The van der Waals surface area contributed by atoms with Crippen molar-refractivity contribution in [1.82, 2.24) is 4.98 Å². The number of nitrogens with zero attached hydrogens (tertiary/aromatic N) is 1. The summed E-state index contributed by atoms with van der Waals surface area (Å²) in [6.45, 7) is 1.92. The zero-order valence-electron chi connectivity index (χ0n) is 8.17. The number of benzene rings is 1. The van der Waals surface area contributed by atoms with Crippen molar-refractivity contribution in [3.8, 4) is 11.3 Å². The number of aryl methyl sites for hydroxylation is 1. The molecule has 0 aliphatic rings. The van der Waals surface area contributed by atoms with Gasteiger partial charge in [-0.05, 0) is 36.8 Å². The van der Waals surface area contributed by atoms with E-state index in [9.17, 15) is 8.78 Å². The summed E-state index contributed by atoms with van der Waals surface area (Å²) in [5.41, 5.74) is 2.25. The van der Waals surface area contributed by atoms with Crippen LogP contribution in [0.15, 0.2) is 36.5 Å². The van der Waals surface area contributed by atoms with Gasteiger partial charge in [0.15, 0.2) is 11.6 Å². The SMILES string of the molecule is Cc1ccc(-c2ccc(F)c(F)c2)nc1. The van der Waals surface area contributed by atoms with Gasteiger partial charge >= 0.3 is 0 Å². The van der Waals surface area contributed by atoms with Crippen molar-refractivity contribution in [3.63, 3.8) is 0 Å². The van der Waals surface area contributed by atoms with Gasteiger partial charge in [-0.1, -0.05) is 6.07 Å². The van der Waals surface area contributed by atoms with Crippen molar-refractivity contribution in [3.05, 3.63) is 53.7 Å². The van der Waals surface area contributed by atoms with E-state index in [1.165, 1.54) is 6.07 Å². The van der Waals surface area contributed by atoms with Gasteiger partial charge in [-0.25, -0.2) is 8.78 Å². The summed E-state index contributed by atoms with van der Waals surface area (Å²) in [6.07, 6.45) is 1.69. The lowest BCUT2D eigenvalue weighted by atomic mass is 10.1. The van der Waals surface area contributed by atoms with E-state index in [-0.39, 0.29) is 0 Å². The van der Waals surface area contributed by atoms with Gasteiger partial charge in [0.25, 0.3) is 0 Å². The predicted octanol–water partition coefficient (Wildman–Crippen LogP) is 3.34. The molecule has 0 spiro atoms. The molecule has 0 bridgehead atoms. The molecule has 76 valence electrons. The third-order valence-electron chi connectivity index (χ3n) is 2.13. The molecular weight excluding hydrogens is 196 g/mol. The summed E-state index contributed by atoms with van der Waals surface area (Å²) in [4.78, 5) is 4.13. The molecular formula is C12H9F2N.